The number of hydrogen-bond acceptors (Lipinski definition) is 3. The number of rotatable bonds is 4. The molecule has 0 aromatic carbocycles. The molecule has 0 radical (unpaired) electrons. The third kappa shape index (κ3) is 3.22. The number of carboxylic acid groups (broad SMARTS) is 1. The summed E-state index contributed by atoms with van der Waals surface area (Å²) in [5.41, 5.74) is -0.524. The van der Waals surface area contributed by atoms with Crippen molar-refractivity contribution in [2.45, 2.75) is 50.5 Å². The zero-order valence-corrected chi connectivity index (χ0v) is 10.6. The molecule has 2 aliphatic rings. The average molecular weight is 255 g/mol. The first-order valence-corrected chi connectivity index (χ1v) is 6.73. The maximum atomic E-state index is 12.1. The summed E-state index contributed by atoms with van der Waals surface area (Å²) in [5.74, 6) is -0.965. The van der Waals surface area contributed by atoms with Crippen LogP contribution in [0.4, 0.5) is 0 Å². The summed E-state index contributed by atoms with van der Waals surface area (Å²) in [6.07, 6.45) is 5.45. The highest BCUT2D eigenvalue weighted by atomic mass is 16.5. The molecule has 102 valence electrons. The zero-order valence-electron chi connectivity index (χ0n) is 10.6. The van der Waals surface area contributed by atoms with E-state index in [0.29, 0.717) is 13.2 Å². The van der Waals surface area contributed by atoms with E-state index >= 15 is 0 Å². The van der Waals surface area contributed by atoms with Crippen molar-refractivity contribution >= 4 is 11.9 Å². The third-order valence-electron chi connectivity index (χ3n) is 3.99. The van der Waals surface area contributed by atoms with Gasteiger partial charge in [0.05, 0.1) is 24.5 Å². The Morgan fingerprint density at radius 3 is 2.56 bits per heavy atom. The van der Waals surface area contributed by atoms with Gasteiger partial charge in [0, 0.05) is 6.61 Å². The second-order valence-electron chi connectivity index (χ2n) is 5.46. The van der Waals surface area contributed by atoms with E-state index in [4.69, 9.17) is 9.84 Å². The van der Waals surface area contributed by atoms with Crippen molar-refractivity contribution in [1.82, 2.24) is 5.32 Å². The van der Waals surface area contributed by atoms with Crippen molar-refractivity contribution in [3.8, 4) is 0 Å². The van der Waals surface area contributed by atoms with Crippen molar-refractivity contribution < 1.29 is 19.4 Å². The molecule has 18 heavy (non-hydrogen) atoms. The summed E-state index contributed by atoms with van der Waals surface area (Å²) >= 11 is 0. The fraction of sp³-hybridized carbons (Fsp3) is 0.846. The van der Waals surface area contributed by atoms with Crippen LogP contribution in [-0.4, -0.2) is 35.7 Å². The quantitative estimate of drug-likeness (QED) is 0.794. The van der Waals surface area contributed by atoms with Gasteiger partial charge in [-0.25, -0.2) is 0 Å². The molecule has 0 spiro atoms. The van der Waals surface area contributed by atoms with Crippen molar-refractivity contribution in [2.75, 3.05) is 13.2 Å². The lowest BCUT2D eigenvalue weighted by molar-refractivity contribution is -0.140. The van der Waals surface area contributed by atoms with Crippen LogP contribution in [0.1, 0.15) is 44.9 Å². The number of carbonyl (C=O) groups excluding carboxylic acids is 1. The Morgan fingerprint density at radius 2 is 2.00 bits per heavy atom. The number of carbonyl (C=O) groups is 2. The van der Waals surface area contributed by atoms with Crippen LogP contribution in [0.2, 0.25) is 0 Å². The second-order valence-corrected chi connectivity index (χ2v) is 5.46. The number of amides is 1. The first-order valence-electron chi connectivity index (χ1n) is 6.73. The van der Waals surface area contributed by atoms with E-state index in [2.05, 4.69) is 5.32 Å². The minimum absolute atomic E-state index is 0.0318. The molecule has 1 aliphatic heterocycles. The molecule has 2 fully saturated rings. The molecule has 5 heteroatoms. The molecule has 1 unspecified atom stereocenters. The molecule has 1 saturated heterocycles. The zero-order chi connectivity index (χ0) is 13.0. The lowest BCUT2D eigenvalue weighted by Gasteiger charge is -2.37. The topological polar surface area (TPSA) is 75.6 Å². The van der Waals surface area contributed by atoms with Gasteiger partial charge in [-0.2, -0.15) is 0 Å². The summed E-state index contributed by atoms with van der Waals surface area (Å²) < 4.78 is 5.20. The SMILES string of the molecule is O=C(O)CC1(NC(=O)C2CCOC2)CCCCC1. The molecule has 2 rings (SSSR count). The minimum atomic E-state index is -0.833. The highest BCUT2D eigenvalue weighted by molar-refractivity contribution is 5.81. The van der Waals surface area contributed by atoms with Gasteiger partial charge in [-0.3, -0.25) is 9.59 Å². The summed E-state index contributed by atoms with van der Waals surface area (Å²) in [6.45, 7) is 1.10. The van der Waals surface area contributed by atoms with E-state index in [-0.39, 0.29) is 18.2 Å². The van der Waals surface area contributed by atoms with Gasteiger partial charge in [-0.1, -0.05) is 19.3 Å². The molecule has 0 aromatic heterocycles. The molecule has 1 aliphatic carbocycles. The van der Waals surface area contributed by atoms with Gasteiger partial charge in [0.1, 0.15) is 0 Å². The molecular weight excluding hydrogens is 234 g/mol. The van der Waals surface area contributed by atoms with Crippen LogP contribution >= 0.6 is 0 Å². The summed E-state index contributed by atoms with van der Waals surface area (Å²) in [4.78, 5) is 23.1. The van der Waals surface area contributed by atoms with Gasteiger partial charge in [-0.15, -0.1) is 0 Å². The van der Waals surface area contributed by atoms with Gasteiger partial charge in [0.2, 0.25) is 5.91 Å². The summed E-state index contributed by atoms with van der Waals surface area (Å²) in [6, 6.07) is 0. The van der Waals surface area contributed by atoms with E-state index in [1.54, 1.807) is 0 Å². The Balaban J connectivity index is 1.99. The Kier molecular flexibility index (Phi) is 4.22. The van der Waals surface area contributed by atoms with Crippen LogP contribution in [0.5, 0.6) is 0 Å². The standard InChI is InChI=1S/C13H21NO4/c15-11(16)8-13(5-2-1-3-6-13)14-12(17)10-4-7-18-9-10/h10H,1-9H2,(H,14,17)(H,15,16). The van der Waals surface area contributed by atoms with E-state index in [9.17, 15) is 9.59 Å². The van der Waals surface area contributed by atoms with Gasteiger partial charge in [-0.05, 0) is 19.3 Å². The van der Waals surface area contributed by atoms with Crippen LogP contribution in [0.3, 0.4) is 0 Å². The molecule has 1 atom stereocenters. The molecule has 0 bridgehead atoms. The Labute approximate surface area is 107 Å². The lowest BCUT2D eigenvalue weighted by Crippen LogP contribution is -2.52. The molecule has 2 N–H and O–H groups in total. The van der Waals surface area contributed by atoms with Crippen molar-refractivity contribution in [1.29, 1.82) is 0 Å². The second kappa shape index (κ2) is 5.69. The smallest absolute Gasteiger partial charge is 0.305 e. The van der Waals surface area contributed by atoms with Crippen molar-refractivity contribution in [2.24, 2.45) is 5.92 Å². The van der Waals surface area contributed by atoms with Gasteiger partial charge < -0.3 is 15.2 Å². The van der Waals surface area contributed by atoms with Crippen LogP contribution in [0, 0.1) is 5.92 Å². The first kappa shape index (κ1) is 13.3. The van der Waals surface area contributed by atoms with Crippen molar-refractivity contribution in [3.63, 3.8) is 0 Å². The number of aliphatic carboxylic acids is 1. The number of carboxylic acids is 1. The molecule has 1 saturated carbocycles. The lowest BCUT2D eigenvalue weighted by atomic mass is 9.79. The fourth-order valence-electron chi connectivity index (χ4n) is 2.97. The number of nitrogens with one attached hydrogen (secondary N) is 1. The monoisotopic (exact) mass is 255 g/mol. The normalized spacial score (nSPS) is 26.8. The van der Waals surface area contributed by atoms with Gasteiger partial charge in [0.15, 0.2) is 0 Å². The highest BCUT2D eigenvalue weighted by Crippen LogP contribution is 2.31. The van der Waals surface area contributed by atoms with E-state index < -0.39 is 11.5 Å². The molecule has 1 amide bonds. The highest BCUT2D eigenvalue weighted by Gasteiger charge is 2.37. The number of ether oxygens (including phenoxy) is 1. The Hall–Kier alpha value is -1.10. The maximum absolute atomic E-state index is 12.1. The van der Waals surface area contributed by atoms with Crippen LogP contribution < -0.4 is 5.32 Å². The van der Waals surface area contributed by atoms with Crippen LogP contribution in [0.15, 0.2) is 0 Å². The van der Waals surface area contributed by atoms with E-state index in [0.717, 1.165) is 38.5 Å². The van der Waals surface area contributed by atoms with Gasteiger partial charge >= 0.3 is 5.97 Å². The maximum Gasteiger partial charge on any atom is 0.305 e. The fourth-order valence-corrected chi connectivity index (χ4v) is 2.97. The molecule has 5 nitrogen and oxygen atoms in total. The summed E-state index contributed by atoms with van der Waals surface area (Å²) in [7, 11) is 0. The molecule has 0 aromatic rings. The van der Waals surface area contributed by atoms with Crippen LogP contribution in [0.25, 0.3) is 0 Å². The predicted octanol–water partition coefficient (Wildman–Crippen LogP) is 1.32. The number of hydrogen-bond donors (Lipinski definition) is 2. The third-order valence-corrected chi connectivity index (χ3v) is 3.99. The van der Waals surface area contributed by atoms with Gasteiger partial charge in [0.25, 0.3) is 0 Å². The summed E-state index contributed by atoms with van der Waals surface area (Å²) in [5, 5.41) is 12.0. The van der Waals surface area contributed by atoms with E-state index in [1.807, 2.05) is 0 Å². The molecular formula is C13H21NO4. The predicted molar refractivity (Wildman–Crippen MR) is 65.1 cm³/mol. The average Bonchev–Trinajstić information content (AvgIpc) is 2.82. The van der Waals surface area contributed by atoms with Crippen molar-refractivity contribution in [3.05, 3.63) is 0 Å². The first-order chi connectivity index (χ1) is 8.61. The Bertz CT molecular complexity index is 317. The Morgan fingerprint density at radius 1 is 1.28 bits per heavy atom. The minimum Gasteiger partial charge on any atom is -0.481 e. The largest absolute Gasteiger partial charge is 0.481 e. The van der Waals surface area contributed by atoms with Crippen LogP contribution in [-0.2, 0) is 14.3 Å². The van der Waals surface area contributed by atoms with E-state index in [1.165, 1.54) is 0 Å². The molecule has 1 heterocycles.